The van der Waals surface area contributed by atoms with Gasteiger partial charge in [0.05, 0.1) is 6.54 Å². The molecule has 3 aliphatic rings. The maximum atomic E-state index is 13.0. The molecule has 12 nitrogen and oxygen atoms in total. The van der Waals surface area contributed by atoms with Crippen LogP contribution < -0.4 is 16.0 Å². The van der Waals surface area contributed by atoms with Crippen LogP contribution in [-0.4, -0.2) is 93.1 Å². The van der Waals surface area contributed by atoms with E-state index in [4.69, 9.17) is 10.6 Å². The van der Waals surface area contributed by atoms with E-state index in [0.29, 0.717) is 17.9 Å². The van der Waals surface area contributed by atoms with E-state index in [1.165, 1.54) is 23.8 Å². The molecule has 4 heterocycles. The summed E-state index contributed by atoms with van der Waals surface area (Å²) in [6, 6.07) is -0.863. The standard InChI is InChI=1S/C20H26N6O6S2/c1-9(27)12-4-3-5-25(12)6-10-7-33-18-14(17(29)26(18)15(10)19(30)31)23-16(28)13(24-32-2)11-8-34-20(21)22-11/h8-9,12,14,18,27H,3-7H2,1-2H3,(H2,21,22)(H,23,28)(H,30,31)/p+1/t9?,12?,14?,18-/m0/s1. The molecule has 2 saturated heterocycles. The minimum Gasteiger partial charge on any atom is -0.477 e. The van der Waals surface area contributed by atoms with Gasteiger partial charge in [-0.15, -0.1) is 23.1 Å². The molecule has 6 N–H and O–H groups in total. The molecule has 5 atom stereocenters. The van der Waals surface area contributed by atoms with Gasteiger partial charge in [-0.1, -0.05) is 5.16 Å². The average molecular weight is 512 g/mol. The number of amides is 2. The van der Waals surface area contributed by atoms with Crippen molar-refractivity contribution >= 4 is 51.7 Å². The Kier molecular flexibility index (Phi) is 7.12. The number of quaternary nitrogens is 1. The highest BCUT2D eigenvalue weighted by Gasteiger charge is 2.55. The van der Waals surface area contributed by atoms with Gasteiger partial charge in [0.2, 0.25) is 0 Å². The number of thioether (sulfide) groups is 1. The molecule has 0 saturated carbocycles. The molecule has 3 aliphatic heterocycles. The number of aliphatic carboxylic acids is 1. The van der Waals surface area contributed by atoms with Crippen LogP contribution in [0.1, 0.15) is 25.5 Å². The summed E-state index contributed by atoms with van der Waals surface area (Å²) >= 11 is 2.54. The highest BCUT2D eigenvalue weighted by atomic mass is 32.2. The van der Waals surface area contributed by atoms with Crippen molar-refractivity contribution in [2.75, 3.05) is 31.7 Å². The molecule has 2 amide bonds. The minimum absolute atomic E-state index is 0.0268. The Morgan fingerprint density at radius 3 is 2.88 bits per heavy atom. The number of nitrogen functional groups attached to an aromatic ring is 1. The Morgan fingerprint density at radius 1 is 1.50 bits per heavy atom. The van der Waals surface area contributed by atoms with E-state index >= 15 is 0 Å². The Labute approximate surface area is 203 Å². The summed E-state index contributed by atoms with van der Waals surface area (Å²) in [7, 11) is 1.28. The van der Waals surface area contributed by atoms with Gasteiger partial charge in [0.25, 0.3) is 11.8 Å². The molecule has 1 aromatic heterocycles. The van der Waals surface area contributed by atoms with Crippen LogP contribution in [0.5, 0.6) is 0 Å². The van der Waals surface area contributed by atoms with Crippen molar-refractivity contribution in [3.63, 3.8) is 0 Å². The van der Waals surface area contributed by atoms with Crippen LogP contribution in [0.3, 0.4) is 0 Å². The predicted octanol–water partition coefficient (Wildman–Crippen LogP) is -1.76. The van der Waals surface area contributed by atoms with Gasteiger partial charge in [0.1, 0.15) is 48.6 Å². The van der Waals surface area contributed by atoms with Gasteiger partial charge < -0.3 is 31.0 Å². The SMILES string of the molecule is CON=C(C(=O)NC1C(=O)N2C(C(=O)O)=C(C[NH+]3CCCC3C(C)O)CS[C@@H]12)c1csc(N)n1. The van der Waals surface area contributed by atoms with Crippen LogP contribution in [0, 0.1) is 0 Å². The number of nitrogens with one attached hydrogen (secondary N) is 2. The molecule has 2 fully saturated rings. The molecule has 1 aromatic rings. The van der Waals surface area contributed by atoms with Crippen LogP contribution in [-0.2, 0) is 19.2 Å². The molecule has 0 aromatic carbocycles. The first kappa shape index (κ1) is 24.4. The van der Waals surface area contributed by atoms with Crippen LogP contribution in [0.2, 0.25) is 0 Å². The molecule has 14 heteroatoms. The second-order valence-electron chi connectivity index (χ2n) is 8.39. The number of hydrogen-bond acceptors (Lipinski definition) is 10. The molecule has 34 heavy (non-hydrogen) atoms. The van der Waals surface area contributed by atoms with Gasteiger partial charge in [0.15, 0.2) is 10.8 Å². The van der Waals surface area contributed by atoms with E-state index in [1.807, 2.05) is 0 Å². The quantitative estimate of drug-likeness (QED) is 0.154. The van der Waals surface area contributed by atoms with Crippen molar-refractivity contribution in [3.8, 4) is 0 Å². The lowest BCUT2D eigenvalue weighted by Gasteiger charge is -2.49. The lowest BCUT2D eigenvalue weighted by Crippen LogP contribution is -3.15. The summed E-state index contributed by atoms with van der Waals surface area (Å²) in [4.78, 5) is 49.1. The maximum absolute atomic E-state index is 13.0. The number of carbonyl (C=O) groups excluding carboxylic acids is 2. The number of likely N-dealkylation sites (tertiary alicyclic amines) is 1. The number of nitrogens with two attached hydrogens (primary N) is 1. The van der Waals surface area contributed by atoms with E-state index < -0.39 is 35.3 Å². The van der Waals surface area contributed by atoms with Crippen molar-refractivity contribution in [1.29, 1.82) is 0 Å². The van der Waals surface area contributed by atoms with Gasteiger partial charge in [0, 0.05) is 29.5 Å². The molecule has 184 valence electrons. The third-order valence-corrected chi connectivity index (χ3v) is 8.27. The number of oxime groups is 1. The number of hydrogen-bond donors (Lipinski definition) is 5. The maximum Gasteiger partial charge on any atom is 0.352 e. The van der Waals surface area contributed by atoms with Crippen LogP contribution in [0.4, 0.5) is 5.13 Å². The van der Waals surface area contributed by atoms with Gasteiger partial charge in [-0.2, -0.15) is 0 Å². The van der Waals surface area contributed by atoms with E-state index in [1.54, 1.807) is 12.3 Å². The summed E-state index contributed by atoms with van der Waals surface area (Å²) in [6.45, 7) is 3.05. The summed E-state index contributed by atoms with van der Waals surface area (Å²) in [5.74, 6) is -1.93. The third kappa shape index (κ3) is 4.50. The van der Waals surface area contributed by atoms with Crippen molar-refractivity contribution in [2.24, 2.45) is 5.16 Å². The highest BCUT2D eigenvalue weighted by Crippen LogP contribution is 2.40. The number of carboxylic acids is 1. The molecule has 0 spiro atoms. The lowest BCUT2D eigenvalue weighted by atomic mass is 10.0. The van der Waals surface area contributed by atoms with Crippen molar-refractivity contribution in [1.82, 2.24) is 15.2 Å². The lowest BCUT2D eigenvalue weighted by molar-refractivity contribution is -0.911. The number of carboxylic acid groups (broad SMARTS) is 1. The number of aliphatic hydroxyl groups excluding tert-OH is 1. The Balaban J connectivity index is 1.50. The summed E-state index contributed by atoms with van der Waals surface area (Å²) in [6.07, 6.45) is 1.35. The number of rotatable bonds is 8. The first-order valence-corrected chi connectivity index (χ1v) is 12.7. The zero-order chi connectivity index (χ0) is 24.6. The molecule has 0 aliphatic carbocycles. The molecule has 0 radical (unpaired) electrons. The van der Waals surface area contributed by atoms with E-state index in [9.17, 15) is 24.6 Å². The number of β-lactam (4-membered cyclic amide) rings is 1. The molecule has 4 rings (SSSR count). The second-order valence-corrected chi connectivity index (χ2v) is 10.4. The van der Waals surface area contributed by atoms with Crippen molar-refractivity contribution in [3.05, 3.63) is 22.3 Å². The minimum atomic E-state index is -1.18. The number of aliphatic hydroxyl groups is 1. The fraction of sp³-hybridized carbons (Fsp3) is 0.550. The number of thiazole rings is 1. The zero-order valence-electron chi connectivity index (χ0n) is 18.7. The monoisotopic (exact) mass is 511 g/mol. The van der Waals surface area contributed by atoms with Gasteiger partial charge in [-0.05, 0) is 6.92 Å². The number of anilines is 1. The molecular weight excluding hydrogens is 484 g/mol. The Hall–Kier alpha value is -2.68. The molecule has 0 bridgehead atoms. The molecular formula is C20H27N6O6S2+. The van der Waals surface area contributed by atoms with Gasteiger partial charge in [-0.3, -0.25) is 14.5 Å². The number of nitrogens with zero attached hydrogens (tertiary/aromatic N) is 3. The van der Waals surface area contributed by atoms with Crippen molar-refractivity contribution < 1.29 is 34.3 Å². The summed E-state index contributed by atoms with van der Waals surface area (Å²) in [5, 5.41) is 27.6. The number of aromatic nitrogens is 1. The number of fused-ring (bicyclic) bond motifs is 1. The van der Waals surface area contributed by atoms with E-state index in [-0.39, 0.29) is 28.3 Å². The second kappa shape index (κ2) is 9.90. The Morgan fingerprint density at radius 2 is 2.26 bits per heavy atom. The summed E-state index contributed by atoms with van der Waals surface area (Å²) < 4.78 is 0. The third-order valence-electron chi connectivity index (χ3n) is 6.26. The van der Waals surface area contributed by atoms with Crippen LogP contribution in [0.15, 0.2) is 21.8 Å². The van der Waals surface area contributed by atoms with Crippen LogP contribution >= 0.6 is 23.1 Å². The predicted molar refractivity (Wildman–Crippen MR) is 125 cm³/mol. The number of carbonyl (C=O) groups is 3. The zero-order valence-corrected chi connectivity index (χ0v) is 20.3. The van der Waals surface area contributed by atoms with Gasteiger partial charge in [-0.25, -0.2) is 9.78 Å². The fourth-order valence-corrected chi connectivity index (χ4v) is 6.63. The Bertz CT molecular complexity index is 1060. The summed E-state index contributed by atoms with van der Waals surface area (Å²) in [5.41, 5.74) is 6.37. The topological polar surface area (TPSA) is 172 Å². The van der Waals surface area contributed by atoms with Gasteiger partial charge >= 0.3 is 5.97 Å². The first-order valence-electron chi connectivity index (χ1n) is 10.8. The van der Waals surface area contributed by atoms with E-state index in [0.717, 1.165) is 35.6 Å². The van der Waals surface area contributed by atoms with Crippen LogP contribution in [0.25, 0.3) is 0 Å². The average Bonchev–Trinajstić information content (AvgIpc) is 3.44. The first-order chi connectivity index (χ1) is 16.2. The largest absolute Gasteiger partial charge is 0.477 e. The van der Waals surface area contributed by atoms with Crippen molar-refractivity contribution in [2.45, 2.75) is 43.3 Å². The van der Waals surface area contributed by atoms with E-state index in [2.05, 4.69) is 15.5 Å². The molecule has 4 unspecified atom stereocenters. The normalized spacial score (nSPS) is 27.8. The fourth-order valence-electron chi connectivity index (χ4n) is 4.74. The highest BCUT2D eigenvalue weighted by molar-refractivity contribution is 8.00. The smallest absolute Gasteiger partial charge is 0.352 e.